The van der Waals surface area contributed by atoms with Crippen LogP contribution in [-0.4, -0.2) is 56.0 Å². The number of rotatable bonds is 9. The molecule has 196 valence electrons. The number of carbonyl (C=O) groups excluding carboxylic acids is 1. The lowest BCUT2D eigenvalue weighted by Crippen LogP contribution is -2.70. The van der Waals surface area contributed by atoms with Crippen LogP contribution in [0.2, 0.25) is 0 Å². The lowest BCUT2D eigenvalue weighted by Gasteiger charge is -2.42. The maximum absolute atomic E-state index is 14.4. The maximum atomic E-state index is 14.4. The summed E-state index contributed by atoms with van der Waals surface area (Å²) in [5.74, 6) is -38.9. The van der Waals surface area contributed by atoms with Crippen molar-refractivity contribution in [2.24, 2.45) is 0 Å². The van der Waals surface area contributed by atoms with Crippen molar-refractivity contribution >= 4 is 5.97 Å². The SMILES string of the molecule is COC(=O)c1ccccc1C(C)(CC(F)(F)C(F)(F)C(F)(F)C(F)(F)C(F)(F)C(F)(F)F)OC. The van der Waals surface area contributed by atoms with Crippen molar-refractivity contribution in [3.8, 4) is 0 Å². The number of esters is 1. The summed E-state index contributed by atoms with van der Waals surface area (Å²) in [5, 5.41) is 0. The second-order valence-electron chi connectivity index (χ2n) is 7.15. The Bertz CT molecular complexity index is 895. The van der Waals surface area contributed by atoms with Crippen LogP contribution in [0.4, 0.5) is 57.1 Å². The first-order chi connectivity index (χ1) is 15.0. The van der Waals surface area contributed by atoms with Crippen molar-refractivity contribution in [3.63, 3.8) is 0 Å². The Balaban J connectivity index is 3.63. The van der Waals surface area contributed by atoms with Crippen LogP contribution in [-0.2, 0) is 15.1 Å². The molecule has 0 fully saturated rings. The molecular weight excluding hydrogens is 511 g/mol. The molecule has 0 bridgehead atoms. The van der Waals surface area contributed by atoms with E-state index in [4.69, 9.17) is 0 Å². The summed E-state index contributed by atoms with van der Waals surface area (Å²) < 4.78 is 183. The minimum atomic E-state index is -8.00. The van der Waals surface area contributed by atoms with Gasteiger partial charge in [0, 0.05) is 7.11 Å². The van der Waals surface area contributed by atoms with Crippen LogP contribution < -0.4 is 0 Å². The average molecular weight is 526 g/mol. The van der Waals surface area contributed by atoms with E-state index >= 15 is 0 Å². The molecule has 0 heterocycles. The van der Waals surface area contributed by atoms with Gasteiger partial charge in [-0.05, 0) is 18.6 Å². The molecule has 1 rings (SSSR count). The van der Waals surface area contributed by atoms with Crippen LogP contribution in [0.5, 0.6) is 0 Å². The number of halogens is 13. The third kappa shape index (κ3) is 4.40. The van der Waals surface area contributed by atoms with Gasteiger partial charge in [-0.2, -0.15) is 57.1 Å². The monoisotopic (exact) mass is 526 g/mol. The van der Waals surface area contributed by atoms with Crippen molar-refractivity contribution in [1.29, 1.82) is 0 Å². The van der Waals surface area contributed by atoms with Crippen LogP contribution in [0.1, 0.15) is 29.3 Å². The Morgan fingerprint density at radius 1 is 0.735 bits per heavy atom. The summed E-state index contributed by atoms with van der Waals surface area (Å²) in [6.45, 7) is 0.527. The fourth-order valence-corrected chi connectivity index (χ4v) is 2.85. The van der Waals surface area contributed by atoms with Gasteiger partial charge in [0.05, 0.1) is 24.7 Å². The molecule has 1 aromatic carbocycles. The Kier molecular flexibility index (Phi) is 7.66. The van der Waals surface area contributed by atoms with E-state index in [0.29, 0.717) is 14.0 Å². The zero-order chi connectivity index (χ0) is 27.2. The fraction of sp³-hybridized carbons (Fsp3) is 0.611. The molecule has 1 unspecified atom stereocenters. The van der Waals surface area contributed by atoms with E-state index in [1.807, 2.05) is 0 Å². The summed E-state index contributed by atoms with van der Waals surface area (Å²) in [6.07, 6.45) is -10.2. The number of methoxy groups -OCH3 is 2. The molecule has 0 saturated heterocycles. The molecule has 0 aliphatic heterocycles. The number of alkyl halides is 13. The quantitative estimate of drug-likeness (QED) is 0.274. The normalized spacial score (nSPS) is 16.2. The molecule has 0 spiro atoms. The molecule has 0 saturated carbocycles. The van der Waals surface area contributed by atoms with Crippen molar-refractivity contribution < 1.29 is 71.3 Å². The molecule has 0 aliphatic carbocycles. The van der Waals surface area contributed by atoms with Gasteiger partial charge in [0.15, 0.2) is 0 Å². The minimum absolute atomic E-state index is 0.527. The maximum Gasteiger partial charge on any atom is 0.460 e. The predicted molar refractivity (Wildman–Crippen MR) is 87.5 cm³/mol. The Morgan fingerprint density at radius 3 is 1.59 bits per heavy atom. The van der Waals surface area contributed by atoms with E-state index < -0.39 is 64.9 Å². The number of ether oxygens (including phenoxy) is 2. The summed E-state index contributed by atoms with van der Waals surface area (Å²) in [4.78, 5) is 11.8. The zero-order valence-electron chi connectivity index (χ0n) is 17.2. The summed E-state index contributed by atoms with van der Waals surface area (Å²) in [6, 6.07) is 3.89. The number of carbonyl (C=O) groups is 1. The second kappa shape index (κ2) is 8.75. The molecule has 0 aliphatic rings. The van der Waals surface area contributed by atoms with E-state index in [9.17, 15) is 61.9 Å². The van der Waals surface area contributed by atoms with Gasteiger partial charge >= 0.3 is 41.8 Å². The van der Waals surface area contributed by atoms with Gasteiger partial charge in [-0.1, -0.05) is 18.2 Å². The standard InChI is InChI=1S/C18H15F13O3/c1-12(34-3,10-7-5-4-6-9(10)11(32)33-2)8-13(19,20)14(21,22)15(23,24)16(25,26)17(27,28)18(29,30)31/h4-7H,8H2,1-3H3. The predicted octanol–water partition coefficient (Wildman–Crippen LogP) is 6.46. The minimum Gasteiger partial charge on any atom is -0.465 e. The summed E-state index contributed by atoms with van der Waals surface area (Å²) in [7, 11) is 1.38. The Morgan fingerprint density at radius 2 is 1.18 bits per heavy atom. The topological polar surface area (TPSA) is 35.5 Å². The average Bonchev–Trinajstić information content (AvgIpc) is 2.71. The van der Waals surface area contributed by atoms with E-state index in [2.05, 4.69) is 9.47 Å². The van der Waals surface area contributed by atoms with E-state index in [0.717, 1.165) is 31.4 Å². The highest BCUT2D eigenvalue weighted by Gasteiger charge is 2.90. The van der Waals surface area contributed by atoms with E-state index in [1.165, 1.54) is 0 Å². The highest BCUT2D eigenvalue weighted by Crippen LogP contribution is 2.61. The van der Waals surface area contributed by atoms with Gasteiger partial charge in [-0.3, -0.25) is 0 Å². The number of hydrogen-bond acceptors (Lipinski definition) is 3. The number of benzene rings is 1. The van der Waals surface area contributed by atoms with Gasteiger partial charge in [0.1, 0.15) is 0 Å². The molecule has 16 heteroatoms. The van der Waals surface area contributed by atoms with Crippen LogP contribution in [0.25, 0.3) is 0 Å². The van der Waals surface area contributed by atoms with Crippen molar-refractivity contribution in [1.82, 2.24) is 0 Å². The molecule has 3 nitrogen and oxygen atoms in total. The van der Waals surface area contributed by atoms with Crippen LogP contribution in [0.15, 0.2) is 24.3 Å². The first kappa shape index (κ1) is 29.8. The van der Waals surface area contributed by atoms with Crippen molar-refractivity contribution in [3.05, 3.63) is 35.4 Å². The van der Waals surface area contributed by atoms with E-state index in [1.54, 1.807) is 0 Å². The van der Waals surface area contributed by atoms with Gasteiger partial charge in [-0.25, -0.2) is 4.79 Å². The molecule has 1 aromatic rings. The molecule has 34 heavy (non-hydrogen) atoms. The molecule has 0 radical (unpaired) electrons. The Labute approximate surface area is 182 Å². The summed E-state index contributed by atoms with van der Waals surface area (Å²) >= 11 is 0. The first-order valence-electron chi connectivity index (χ1n) is 8.67. The van der Waals surface area contributed by atoms with Gasteiger partial charge in [0.25, 0.3) is 0 Å². The molecule has 1 atom stereocenters. The zero-order valence-corrected chi connectivity index (χ0v) is 17.2. The van der Waals surface area contributed by atoms with Crippen molar-refractivity contribution in [2.45, 2.75) is 54.7 Å². The number of hydrogen-bond donors (Lipinski definition) is 0. The lowest BCUT2D eigenvalue weighted by atomic mass is 9.82. The van der Waals surface area contributed by atoms with Crippen LogP contribution in [0.3, 0.4) is 0 Å². The lowest BCUT2D eigenvalue weighted by molar-refractivity contribution is -0.441. The molecule has 0 aromatic heterocycles. The highest BCUT2D eigenvalue weighted by atomic mass is 19.4. The summed E-state index contributed by atoms with van der Waals surface area (Å²) in [5.41, 5.74) is -4.18. The van der Waals surface area contributed by atoms with Gasteiger partial charge in [0.2, 0.25) is 0 Å². The highest BCUT2D eigenvalue weighted by molar-refractivity contribution is 5.91. The van der Waals surface area contributed by atoms with Crippen LogP contribution >= 0.6 is 0 Å². The largest absolute Gasteiger partial charge is 0.465 e. The molecule has 0 amide bonds. The third-order valence-corrected chi connectivity index (χ3v) is 4.91. The van der Waals surface area contributed by atoms with Gasteiger partial charge < -0.3 is 9.47 Å². The van der Waals surface area contributed by atoms with Gasteiger partial charge in [-0.15, -0.1) is 0 Å². The molecule has 0 N–H and O–H groups in total. The van der Waals surface area contributed by atoms with E-state index in [-0.39, 0.29) is 0 Å². The second-order valence-corrected chi connectivity index (χ2v) is 7.15. The Hall–Kier alpha value is -2.26. The molecular formula is C18H15F13O3. The van der Waals surface area contributed by atoms with Crippen molar-refractivity contribution in [2.75, 3.05) is 14.2 Å². The van der Waals surface area contributed by atoms with Crippen LogP contribution in [0, 0.1) is 0 Å². The first-order valence-corrected chi connectivity index (χ1v) is 8.67. The smallest absolute Gasteiger partial charge is 0.460 e. The fourth-order valence-electron chi connectivity index (χ4n) is 2.85. The third-order valence-electron chi connectivity index (χ3n) is 4.91.